The van der Waals surface area contributed by atoms with Gasteiger partial charge in [0.1, 0.15) is 0 Å². The molecule has 3 aromatic rings. The van der Waals surface area contributed by atoms with Gasteiger partial charge in [-0.3, -0.25) is 15.0 Å². The summed E-state index contributed by atoms with van der Waals surface area (Å²) in [5.41, 5.74) is 9.83. The van der Waals surface area contributed by atoms with Crippen molar-refractivity contribution in [2.75, 3.05) is 0 Å². The van der Waals surface area contributed by atoms with E-state index in [1.165, 1.54) is 0 Å². The molecular weight excluding hydrogens is 248 g/mol. The molecule has 4 nitrogen and oxygen atoms in total. The monoisotopic (exact) mass is 264 g/mol. The number of nitrogens with zero attached hydrogens (tertiary/aromatic N) is 3. The summed E-state index contributed by atoms with van der Waals surface area (Å²) in [7, 11) is 0. The number of pyridine rings is 1. The highest BCUT2D eigenvalue weighted by atomic mass is 14.8. The molecule has 0 aliphatic rings. The fourth-order valence-corrected chi connectivity index (χ4v) is 2.15. The van der Waals surface area contributed by atoms with Gasteiger partial charge in [-0.25, -0.2) is 0 Å². The van der Waals surface area contributed by atoms with Crippen molar-refractivity contribution in [3.8, 4) is 0 Å². The SMILES string of the molecule is Cc1cnc(C(N)Cc2ccc3ccccc3n2)cn1. The second kappa shape index (κ2) is 5.35. The van der Waals surface area contributed by atoms with Gasteiger partial charge in [0.25, 0.3) is 0 Å². The highest BCUT2D eigenvalue weighted by molar-refractivity contribution is 5.78. The van der Waals surface area contributed by atoms with Gasteiger partial charge in [-0.15, -0.1) is 0 Å². The van der Waals surface area contributed by atoms with Crippen LogP contribution in [0, 0.1) is 6.92 Å². The lowest BCUT2D eigenvalue weighted by molar-refractivity contribution is 0.679. The predicted octanol–water partition coefficient (Wildman–Crippen LogP) is 2.58. The van der Waals surface area contributed by atoms with Crippen LogP contribution in [0.3, 0.4) is 0 Å². The second-order valence-electron chi connectivity index (χ2n) is 4.89. The zero-order valence-corrected chi connectivity index (χ0v) is 11.3. The van der Waals surface area contributed by atoms with E-state index in [1.54, 1.807) is 12.4 Å². The van der Waals surface area contributed by atoms with Crippen LogP contribution in [0.1, 0.15) is 23.1 Å². The highest BCUT2D eigenvalue weighted by Crippen LogP contribution is 2.16. The van der Waals surface area contributed by atoms with Gasteiger partial charge in [0.15, 0.2) is 0 Å². The van der Waals surface area contributed by atoms with E-state index in [-0.39, 0.29) is 6.04 Å². The van der Waals surface area contributed by atoms with Crippen LogP contribution in [0.4, 0.5) is 0 Å². The first kappa shape index (κ1) is 12.7. The summed E-state index contributed by atoms with van der Waals surface area (Å²) in [6, 6.07) is 12.0. The minimum atomic E-state index is -0.184. The number of fused-ring (bicyclic) bond motifs is 1. The molecule has 1 aromatic carbocycles. The molecular formula is C16H16N4. The number of rotatable bonds is 3. The molecule has 0 aliphatic heterocycles. The molecule has 0 amide bonds. The van der Waals surface area contributed by atoms with Gasteiger partial charge in [0.2, 0.25) is 0 Å². The van der Waals surface area contributed by atoms with E-state index in [0.717, 1.165) is 28.0 Å². The first-order valence-electron chi connectivity index (χ1n) is 6.61. The molecule has 0 fully saturated rings. The number of para-hydroxylation sites is 1. The number of benzene rings is 1. The number of nitrogens with two attached hydrogens (primary N) is 1. The van der Waals surface area contributed by atoms with E-state index in [9.17, 15) is 0 Å². The fourth-order valence-electron chi connectivity index (χ4n) is 2.15. The third kappa shape index (κ3) is 2.65. The van der Waals surface area contributed by atoms with Crippen LogP contribution in [0.5, 0.6) is 0 Å². The second-order valence-corrected chi connectivity index (χ2v) is 4.89. The Morgan fingerprint density at radius 2 is 1.90 bits per heavy atom. The van der Waals surface area contributed by atoms with Crippen molar-refractivity contribution in [2.45, 2.75) is 19.4 Å². The first-order chi connectivity index (χ1) is 9.72. The molecule has 1 atom stereocenters. The molecule has 2 aromatic heterocycles. The average molecular weight is 264 g/mol. The fraction of sp³-hybridized carbons (Fsp3) is 0.188. The maximum Gasteiger partial charge on any atom is 0.0758 e. The van der Waals surface area contributed by atoms with Gasteiger partial charge in [-0.2, -0.15) is 0 Å². The van der Waals surface area contributed by atoms with Crippen molar-refractivity contribution >= 4 is 10.9 Å². The number of aryl methyl sites for hydroxylation is 1. The van der Waals surface area contributed by atoms with Gasteiger partial charge in [0, 0.05) is 23.7 Å². The predicted molar refractivity (Wildman–Crippen MR) is 79.1 cm³/mol. The van der Waals surface area contributed by atoms with Gasteiger partial charge >= 0.3 is 0 Å². The zero-order chi connectivity index (χ0) is 13.9. The standard InChI is InChI=1S/C16H16N4/c1-11-9-19-16(10-18-11)14(17)8-13-7-6-12-4-2-3-5-15(12)20-13/h2-7,9-10,14H,8,17H2,1H3. The number of hydrogen-bond donors (Lipinski definition) is 1. The maximum atomic E-state index is 6.18. The normalized spacial score (nSPS) is 12.5. The van der Waals surface area contributed by atoms with E-state index in [0.29, 0.717) is 6.42 Å². The van der Waals surface area contributed by atoms with Crippen molar-refractivity contribution in [3.63, 3.8) is 0 Å². The van der Waals surface area contributed by atoms with Crippen LogP contribution in [0.25, 0.3) is 10.9 Å². The van der Waals surface area contributed by atoms with Crippen LogP contribution < -0.4 is 5.73 Å². The lowest BCUT2D eigenvalue weighted by Crippen LogP contribution is -2.16. The van der Waals surface area contributed by atoms with E-state index in [1.807, 2.05) is 31.2 Å². The zero-order valence-electron chi connectivity index (χ0n) is 11.3. The summed E-state index contributed by atoms with van der Waals surface area (Å²) in [6.07, 6.45) is 4.13. The van der Waals surface area contributed by atoms with Crippen molar-refractivity contribution in [1.29, 1.82) is 0 Å². The van der Waals surface area contributed by atoms with Crippen LogP contribution in [0.2, 0.25) is 0 Å². The minimum absolute atomic E-state index is 0.184. The maximum absolute atomic E-state index is 6.18. The van der Waals surface area contributed by atoms with Crippen molar-refractivity contribution in [3.05, 3.63) is 65.9 Å². The smallest absolute Gasteiger partial charge is 0.0758 e. The summed E-state index contributed by atoms with van der Waals surface area (Å²) in [5, 5.41) is 1.14. The topological polar surface area (TPSA) is 64.7 Å². The Labute approximate surface area is 117 Å². The Kier molecular flexibility index (Phi) is 3.39. The molecule has 3 rings (SSSR count). The minimum Gasteiger partial charge on any atom is -0.322 e. The highest BCUT2D eigenvalue weighted by Gasteiger charge is 2.10. The third-order valence-corrected chi connectivity index (χ3v) is 3.27. The summed E-state index contributed by atoms with van der Waals surface area (Å²) in [6.45, 7) is 1.91. The third-order valence-electron chi connectivity index (χ3n) is 3.27. The van der Waals surface area contributed by atoms with Gasteiger partial charge in [-0.1, -0.05) is 24.3 Å². The van der Waals surface area contributed by atoms with E-state index in [4.69, 9.17) is 5.73 Å². The summed E-state index contributed by atoms with van der Waals surface area (Å²) < 4.78 is 0. The molecule has 0 bridgehead atoms. The Morgan fingerprint density at radius 1 is 1.05 bits per heavy atom. The Hall–Kier alpha value is -2.33. The number of hydrogen-bond acceptors (Lipinski definition) is 4. The molecule has 0 spiro atoms. The molecule has 0 saturated carbocycles. The van der Waals surface area contributed by atoms with Crippen molar-refractivity contribution in [2.24, 2.45) is 5.73 Å². The molecule has 2 heterocycles. The molecule has 1 unspecified atom stereocenters. The molecule has 2 N–H and O–H groups in total. The van der Waals surface area contributed by atoms with Crippen LogP contribution in [-0.4, -0.2) is 15.0 Å². The van der Waals surface area contributed by atoms with Crippen molar-refractivity contribution < 1.29 is 0 Å². The summed E-state index contributed by atoms with van der Waals surface area (Å²) in [5.74, 6) is 0. The van der Waals surface area contributed by atoms with E-state index in [2.05, 4.69) is 27.1 Å². The molecule has 4 heteroatoms. The molecule has 100 valence electrons. The van der Waals surface area contributed by atoms with Gasteiger partial charge in [-0.05, 0) is 19.1 Å². The molecule has 20 heavy (non-hydrogen) atoms. The first-order valence-corrected chi connectivity index (χ1v) is 6.61. The average Bonchev–Trinajstić information content (AvgIpc) is 2.48. The van der Waals surface area contributed by atoms with Crippen molar-refractivity contribution in [1.82, 2.24) is 15.0 Å². The molecule has 0 aliphatic carbocycles. The largest absolute Gasteiger partial charge is 0.322 e. The number of aromatic nitrogens is 3. The lowest BCUT2D eigenvalue weighted by Gasteiger charge is -2.10. The lowest BCUT2D eigenvalue weighted by atomic mass is 10.1. The van der Waals surface area contributed by atoms with Gasteiger partial charge < -0.3 is 5.73 Å². The Bertz CT molecular complexity index is 722. The summed E-state index contributed by atoms with van der Waals surface area (Å²) >= 11 is 0. The van der Waals surface area contributed by atoms with Crippen LogP contribution in [0.15, 0.2) is 48.8 Å². The Balaban J connectivity index is 1.83. The molecule has 0 saturated heterocycles. The quantitative estimate of drug-likeness (QED) is 0.789. The van der Waals surface area contributed by atoms with E-state index < -0.39 is 0 Å². The van der Waals surface area contributed by atoms with Crippen LogP contribution >= 0.6 is 0 Å². The molecule has 0 radical (unpaired) electrons. The summed E-state index contributed by atoms with van der Waals surface area (Å²) in [4.78, 5) is 13.2. The van der Waals surface area contributed by atoms with E-state index >= 15 is 0 Å². The Morgan fingerprint density at radius 3 is 2.70 bits per heavy atom. The van der Waals surface area contributed by atoms with Crippen LogP contribution in [-0.2, 0) is 6.42 Å². The van der Waals surface area contributed by atoms with Gasteiger partial charge in [0.05, 0.1) is 29.1 Å².